The first-order valence-corrected chi connectivity index (χ1v) is 8.20. The van der Waals surface area contributed by atoms with Crippen LogP contribution in [-0.4, -0.2) is 28.8 Å². The minimum atomic E-state index is 0.00792. The molecule has 1 aliphatic heterocycles. The highest BCUT2D eigenvalue weighted by Crippen LogP contribution is 2.46. The highest BCUT2D eigenvalue weighted by atomic mass is 16.2. The summed E-state index contributed by atoms with van der Waals surface area (Å²) in [6.07, 6.45) is 10.6. The van der Waals surface area contributed by atoms with E-state index in [1.165, 1.54) is 19.3 Å². The third-order valence-electron chi connectivity index (χ3n) is 5.61. The Morgan fingerprint density at radius 3 is 2.00 bits per heavy atom. The molecule has 20 heavy (non-hydrogen) atoms. The zero-order valence-electron chi connectivity index (χ0n) is 12.3. The van der Waals surface area contributed by atoms with E-state index in [1.54, 1.807) is 4.90 Å². The summed E-state index contributed by atoms with van der Waals surface area (Å²) >= 11 is 0. The molecule has 2 saturated carbocycles. The van der Waals surface area contributed by atoms with E-state index in [4.69, 9.17) is 5.73 Å². The maximum Gasteiger partial charge on any atom is 0.229 e. The summed E-state index contributed by atoms with van der Waals surface area (Å²) in [6.45, 7) is 0. The standard InChI is InChI=1S/C16H26N2O2/c17-12-4-6-13(7-5-12)18-14(19)10-16(11-15(18)20)8-2-1-3-9-16/h12-13H,1-11,17H2. The summed E-state index contributed by atoms with van der Waals surface area (Å²) in [5.74, 6) is 0.173. The van der Waals surface area contributed by atoms with Crippen LogP contribution in [0.2, 0.25) is 0 Å². The summed E-state index contributed by atoms with van der Waals surface area (Å²) in [7, 11) is 0. The molecule has 0 unspecified atom stereocenters. The minimum Gasteiger partial charge on any atom is -0.328 e. The van der Waals surface area contributed by atoms with Crippen molar-refractivity contribution in [2.24, 2.45) is 11.1 Å². The number of carbonyl (C=O) groups excluding carboxylic acids is 2. The predicted molar refractivity (Wildman–Crippen MR) is 76.8 cm³/mol. The molecule has 0 aromatic rings. The van der Waals surface area contributed by atoms with Gasteiger partial charge < -0.3 is 5.73 Å². The summed E-state index contributed by atoms with van der Waals surface area (Å²) in [5.41, 5.74) is 5.93. The largest absolute Gasteiger partial charge is 0.328 e. The average Bonchev–Trinajstić information content (AvgIpc) is 2.41. The fraction of sp³-hybridized carbons (Fsp3) is 0.875. The molecule has 0 bridgehead atoms. The van der Waals surface area contributed by atoms with Crippen LogP contribution in [0, 0.1) is 5.41 Å². The van der Waals surface area contributed by atoms with Gasteiger partial charge in [-0.2, -0.15) is 0 Å². The number of amides is 2. The van der Waals surface area contributed by atoms with E-state index in [2.05, 4.69) is 0 Å². The maximum atomic E-state index is 12.5. The number of piperidine rings is 1. The number of nitrogens with zero attached hydrogens (tertiary/aromatic N) is 1. The van der Waals surface area contributed by atoms with Gasteiger partial charge in [-0.1, -0.05) is 19.3 Å². The third kappa shape index (κ3) is 2.62. The number of nitrogens with two attached hydrogens (primary N) is 1. The first kappa shape index (κ1) is 14.1. The van der Waals surface area contributed by atoms with Crippen molar-refractivity contribution in [3.8, 4) is 0 Å². The molecule has 1 spiro atoms. The van der Waals surface area contributed by atoms with Crippen LogP contribution in [0.15, 0.2) is 0 Å². The second-order valence-corrected chi connectivity index (χ2v) is 7.14. The molecule has 0 atom stereocenters. The highest BCUT2D eigenvalue weighted by molar-refractivity contribution is 5.99. The van der Waals surface area contributed by atoms with Crippen LogP contribution in [0.5, 0.6) is 0 Å². The van der Waals surface area contributed by atoms with Crippen LogP contribution in [0.4, 0.5) is 0 Å². The molecule has 0 aromatic heterocycles. The van der Waals surface area contributed by atoms with Crippen LogP contribution in [0.25, 0.3) is 0 Å². The van der Waals surface area contributed by atoms with Gasteiger partial charge >= 0.3 is 0 Å². The first-order valence-electron chi connectivity index (χ1n) is 8.20. The Balaban J connectivity index is 1.69. The SMILES string of the molecule is NC1CCC(N2C(=O)CC3(CCCCC3)CC2=O)CC1. The normalized spacial score (nSPS) is 34.5. The van der Waals surface area contributed by atoms with Crippen molar-refractivity contribution in [3.05, 3.63) is 0 Å². The molecule has 3 rings (SSSR count). The van der Waals surface area contributed by atoms with Crippen LogP contribution in [0.1, 0.15) is 70.6 Å². The van der Waals surface area contributed by atoms with Gasteiger partial charge in [-0.15, -0.1) is 0 Å². The Labute approximate surface area is 121 Å². The summed E-state index contributed by atoms with van der Waals surface area (Å²) < 4.78 is 0. The zero-order chi connectivity index (χ0) is 14.2. The van der Waals surface area contributed by atoms with Gasteiger partial charge in [0, 0.05) is 24.9 Å². The molecule has 0 radical (unpaired) electrons. The molecule has 4 nitrogen and oxygen atoms in total. The van der Waals surface area contributed by atoms with Crippen molar-refractivity contribution in [1.29, 1.82) is 0 Å². The number of hydrogen-bond donors (Lipinski definition) is 1. The number of rotatable bonds is 1. The van der Waals surface area contributed by atoms with Crippen LogP contribution in [0.3, 0.4) is 0 Å². The summed E-state index contributed by atoms with van der Waals surface area (Å²) in [4.78, 5) is 26.7. The number of carbonyl (C=O) groups is 2. The van der Waals surface area contributed by atoms with Crippen LogP contribution in [-0.2, 0) is 9.59 Å². The smallest absolute Gasteiger partial charge is 0.229 e. The van der Waals surface area contributed by atoms with E-state index in [9.17, 15) is 9.59 Å². The first-order chi connectivity index (χ1) is 9.60. The van der Waals surface area contributed by atoms with E-state index in [0.717, 1.165) is 38.5 Å². The maximum absolute atomic E-state index is 12.5. The Morgan fingerprint density at radius 2 is 1.45 bits per heavy atom. The van der Waals surface area contributed by atoms with Gasteiger partial charge in [-0.25, -0.2) is 0 Å². The van der Waals surface area contributed by atoms with Gasteiger partial charge in [0.1, 0.15) is 0 Å². The fourth-order valence-corrected chi connectivity index (χ4v) is 4.44. The average molecular weight is 278 g/mol. The van der Waals surface area contributed by atoms with E-state index in [-0.39, 0.29) is 29.3 Å². The van der Waals surface area contributed by atoms with Gasteiger partial charge in [-0.3, -0.25) is 14.5 Å². The molecule has 2 amide bonds. The van der Waals surface area contributed by atoms with Crippen LogP contribution >= 0.6 is 0 Å². The summed E-state index contributed by atoms with van der Waals surface area (Å²) in [5, 5.41) is 0. The van der Waals surface area contributed by atoms with Crippen molar-refractivity contribution in [2.45, 2.75) is 82.7 Å². The van der Waals surface area contributed by atoms with E-state index < -0.39 is 0 Å². The summed E-state index contributed by atoms with van der Waals surface area (Å²) in [6, 6.07) is 0.377. The monoisotopic (exact) mass is 278 g/mol. The molecular formula is C16H26N2O2. The molecule has 4 heteroatoms. The van der Waals surface area contributed by atoms with Gasteiger partial charge in [-0.05, 0) is 43.9 Å². The zero-order valence-corrected chi connectivity index (χ0v) is 12.3. The molecule has 2 N–H and O–H groups in total. The molecule has 2 aliphatic carbocycles. The molecule has 1 saturated heterocycles. The highest BCUT2D eigenvalue weighted by Gasteiger charge is 2.46. The van der Waals surface area contributed by atoms with Gasteiger partial charge in [0.25, 0.3) is 0 Å². The van der Waals surface area contributed by atoms with Crippen molar-refractivity contribution in [1.82, 2.24) is 4.90 Å². The van der Waals surface area contributed by atoms with Crippen LogP contribution < -0.4 is 5.73 Å². The lowest BCUT2D eigenvalue weighted by molar-refractivity contribution is -0.158. The Morgan fingerprint density at radius 1 is 0.900 bits per heavy atom. The van der Waals surface area contributed by atoms with E-state index in [1.807, 2.05) is 0 Å². The predicted octanol–water partition coefficient (Wildman–Crippen LogP) is 2.36. The molecule has 1 heterocycles. The lowest BCUT2D eigenvalue weighted by Gasteiger charge is -2.45. The number of hydrogen-bond acceptors (Lipinski definition) is 3. The van der Waals surface area contributed by atoms with E-state index >= 15 is 0 Å². The fourth-order valence-electron chi connectivity index (χ4n) is 4.44. The van der Waals surface area contributed by atoms with Crippen molar-refractivity contribution in [2.75, 3.05) is 0 Å². The van der Waals surface area contributed by atoms with Crippen molar-refractivity contribution < 1.29 is 9.59 Å². The lowest BCUT2D eigenvalue weighted by atomic mass is 9.67. The second kappa shape index (κ2) is 5.47. The second-order valence-electron chi connectivity index (χ2n) is 7.14. The lowest BCUT2D eigenvalue weighted by Crippen LogP contribution is -2.54. The number of imide groups is 1. The molecule has 3 fully saturated rings. The van der Waals surface area contributed by atoms with Gasteiger partial charge in [0.15, 0.2) is 0 Å². The molecule has 0 aromatic carbocycles. The van der Waals surface area contributed by atoms with Crippen molar-refractivity contribution in [3.63, 3.8) is 0 Å². The van der Waals surface area contributed by atoms with Gasteiger partial charge in [0.05, 0.1) is 0 Å². The molecule has 3 aliphatic rings. The topological polar surface area (TPSA) is 63.4 Å². The minimum absolute atomic E-state index is 0.00792. The van der Waals surface area contributed by atoms with E-state index in [0.29, 0.717) is 12.8 Å². The Hall–Kier alpha value is -0.900. The molecular weight excluding hydrogens is 252 g/mol. The molecule has 112 valence electrons. The number of likely N-dealkylation sites (tertiary alicyclic amines) is 1. The Kier molecular flexibility index (Phi) is 3.85. The quantitative estimate of drug-likeness (QED) is 0.749. The van der Waals surface area contributed by atoms with Crippen molar-refractivity contribution >= 4 is 11.8 Å². The van der Waals surface area contributed by atoms with Gasteiger partial charge in [0.2, 0.25) is 11.8 Å². The Bertz CT molecular complexity index is 373. The third-order valence-corrected chi connectivity index (χ3v) is 5.61.